The fourth-order valence-electron chi connectivity index (χ4n) is 3.09. The highest BCUT2D eigenvalue weighted by Gasteiger charge is 2.25. The van der Waals surface area contributed by atoms with E-state index < -0.39 is 0 Å². The Morgan fingerprint density at radius 1 is 1.21 bits per heavy atom. The van der Waals surface area contributed by atoms with Gasteiger partial charge in [0.15, 0.2) is 0 Å². The summed E-state index contributed by atoms with van der Waals surface area (Å²) in [5, 5.41) is 3.25. The van der Waals surface area contributed by atoms with E-state index in [0.717, 1.165) is 28.8 Å². The van der Waals surface area contributed by atoms with Crippen LogP contribution in [0, 0.1) is 13.8 Å². The number of anilines is 2. The first-order valence-electron chi connectivity index (χ1n) is 7.90. The fourth-order valence-corrected chi connectivity index (χ4v) is 3.46. The summed E-state index contributed by atoms with van der Waals surface area (Å²) < 4.78 is 0. The Kier molecular flexibility index (Phi) is 4.58. The van der Waals surface area contributed by atoms with E-state index in [0.29, 0.717) is 17.3 Å². The Bertz CT molecular complexity index is 794. The number of hydrogen-bond donors (Lipinski definition) is 1. The van der Waals surface area contributed by atoms with Gasteiger partial charge in [-0.1, -0.05) is 35.9 Å². The molecule has 0 saturated carbocycles. The maximum absolute atomic E-state index is 12.5. The number of fused-ring (bicyclic) bond motifs is 1. The minimum atomic E-state index is -0.349. The minimum Gasteiger partial charge on any atom is -0.324 e. The molecule has 124 valence electrons. The first-order chi connectivity index (χ1) is 11.5. The van der Waals surface area contributed by atoms with Gasteiger partial charge >= 0.3 is 0 Å². The lowest BCUT2D eigenvalue weighted by Gasteiger charge is -2.17. The zero-order valence-corrected chi connectivity index (χ0v) is 14.5. The van der Waals surface area contributed by atoms with Gasteiger partial charge in [0.1, 0.15) is 6.42 Å². The van der Waals surface area contributed by atoms with E-state index in [1.54, 1.807) is 11.0 Å². The van der Waals surface area contributed by atoms with Gasteiger partial charge < -0.3 is 10.2 Å². The molecule has 0 unspecified atom stereocenters. The van der Waals surface area contributed by atoms with Gasteiger partial charge in [0, 0.05) is 12.2 Å². The number of hydrogen-bond acceptors (Lipinski definition) is 2. The summed E-state index contributed by atoms with van der Waals surface area (Å²) in [5.74, 6) is -0.545. The van der Waals surface area contributed by atoms with Gasteiger partial charge in [-0.25, -0.2) is 0 Å². The Hall–Kier alpha value is -2.33. The molecular weight excluding hydrogens is 324 g/mol. The zero-order chi connectivity index (χ0) is 17.3. The summed E-state index contributed by atoms with van der Waals surface area (Å²) in [4.78, 5) is 26.4. The largest absolute Gasteiger partial charge is 0.324 e. The number of para-hydroxylation sites is 1. The monoisotopic (exact) mass is 342 g/mol. The van der Waals surface area contributed by atoms with Gasteiger partial charge in [-0.3, -0.25) is 9.59 Å². The van der Waals surface area contributed by atoms with E-state index in [2.05, 4.69) is 5.32 Å². The molecule has 0 atom stereocenters. The molecule has 0 saturated heterocycles. The lowest BCUT2D eigenvalue weighted by molar-refractivity contribution is -0.125. The van der Waals surface area contributed by atoms with Crippen LogP contribution >= 0.6 is 11.6 Å². The third-order valence-corrected chi connectivity index (χ3v) is 4.49. The summed E-state index contributed by atoms with van der Waals surface area (Å²) in [5.41, 5.74) is 4.53. The molecule has 1 heterocycles. The molecule has 2 amide bonds. The van der Waals surface area contributed by atoms with Crippen molar-refractivity contribution < 1.29 is 9.59 Å². The van der Waals surface area contributed by atoms with E-state index in [4.69, 9.17) is 11.6 Å². The topological polar surface area (TPSA) is 49.4 Å². The predicted molar refractivity (Wildman–Crippen MR) is 96.7 cm³/mol. The average Bonchev–Trinajstić information content (AvgIpc) is 2.95. The Morgan fingerprint density at radius 3 is 2.71 bits per heavy atom. The molecule has 4 nitrogen and oxygen atoms in total. The van der Waals surface area contributed by atoms with E-state index in [-0.39, 0.29) is 18.2 Å². The molecule has 0 aliphatic carbocycles. The van der Waals surface area contributed by atoms with E-state index >= 15 is 0 Å². The quantitative estimate of drug-likeness (QED) is 0.861. The number of amides is 2. The highest BCUT2D eigenvalue weighted by Crippen LogP contribution is 2.29. The summed E-state index contributed by atoms with van der Waals surface area (Å²) in [6.45, 7) is 4.45. The maximum atomic E-state index is 12.5. The number of carbonyl (C=O) groups is 2. The van der Waals surface area contributed by atoms with Crippen molar-refractivity contribution in [1.29, 1.82) is 0 Å². The fraction of sp³-hybridized carbons (Fsp3) is 0.263. The highest BCUT2D eigenvalue weighted by molar-refractivity contribution is 6.34. The second-order valence-electron chi connectivity index (χ2n) is 6.09. The lowest BCUT2D eigenvalue weighted by Crippen LogP contribution is -2.32. The summed E-state index contributed by atoms with van der Waals surface area (Å²) in [6.07, 6.45) is 0.629. The molecule has 1 N–H and O–H groups in total. The zero-order valence-electron chi connectivity index (χ0n) is 13.7. The van der Waals surface area contributed by atoms with Crippen molar-refractivity contribution in [1.82, 2.24) is 0 Å². The number of aryl methyl sites for hydroxylation is 2. The van der Waals surface area contributed by atoms with Gasteiger partial charge in [-0.05, 0) is 49.1 Å². The van der Waals surface area contributed by atoms with Crippen molar-refractivity contribution in [2.75, 3.05) is 16.8 Å². The second kappa shape index (κ2) is 6.65. The van der Waals surface area contributed by atoms with Gasteiger partial charge in [0.25, 0.3) is 0 Å². The first kappa shape index (κ1) is 16.5. The summed E-state index contributed by atoms with van der Waals surface area (Å²) in [6, 6.07) is 11.5. The van der Waals surface area contributed by atoms with Crippen molar-refractivity contribution in [3.63, 3.8) is 0 Å². The molecule has 0 spiro atoms. The van der Waals surface area contributed by atoms with Gasteiger partial charge in [-0.2, -0.15) is 0 Å². The van der Waals surface area contributed by atoms with Gasteiger partial charge in [0.05, 0.1) is 10.7 Å². The van der Waals surface area contributed by atoms with Crippen LogP contribution in [0.4, 0.5) is 11.4 Å². The van der Waals surface area contributed by atoms with E-state index in [1.165, 1.54) is 0 Å². The van der Waals surface area contributed by atoms with Gasteiger partial charge in [-0.15, -0.1) is 0 Å². The number of nitrogens with zero attached hydrogens (tertiary/aromatic N) is 1. The average molecular weight is 343 g/mol. The van der Waals surface area contributed by atoms with Crippen LogP contribution in [0.15, 0.2) is 36.4 Å². The summed E-state index contributed by atoms with van der Waals surface area (Å²) in [7, 11) is 0. The minimum absolute atomic E-state index is 0.196. The van der Waals surface area contributed by atoms with Gasteiger partial charge in [0.2, 0.25) is 11.8 Å². The molecular formula is C19H19ClN2O2. The standard InChI is InChI=1S/C19H19ClN2O2/c1-12-9-13(2)19(15(20)10-12)21-17(23)11-18(24)22-8-7-14-5-3-4-6-16(14)22/h3-6,9-10H,7-8,11H2,1-2H3,(H,21,23). The van der Waals surface area contributed by atoms with Crippen molar-refractivity contribution in [3.8, 4) is 0 Å². The maximum Gasteiger partial charge on any atom is 0.236 e. The van der Waals surface area contributed by atoms with Crippen LogP contribution in [0.5, 0.6) is 0 Å². The van der Waals surface area contributed by atoms with Crippen LogP contribution in [0.3, 0.4) is 0 Å². The number of halogens is 1. The molecule has 1 aliphatic heterocycles. The molecule has 3 rings (SSSR count). The normalized spacial score (nSPS) is 12.9. The third-order valence-electron chi connectivity index (χ3n) is 4.20. The number of benzene rings is 2. The molecule has 0 radical (unpaired) electrons. The molecule has 0 bridgehead atoms. The van der Waals surface area contributed by atoms with Crippen LogP contribution in [0.2, 0.25) is 5.02 Å². The Balaban J connectivity index is 1.69. The SMILES string of the molecule is Cc1cc(C)c(NC(=O)CC(=O)N2CCc3ccccc32)c(Cl)c1. The van der Waals surface area contributed by atoms with Crippen LogP contribution < -0.4 is 10.2 Å². The molecule has 0 fully saturated rings. The van der Waals surface area contributed by atoms with Crippen LogP contribution in [-0.4, -0.2) is 18.4 Å². The molecule has 0 aromatic heterocycles. The van der Waals surface area contributed by atoms with Crippen molar-refractivity contribution >= 4 is 34.8 Å². The smallest absolute Gasteiger partial charge is 0.236 e. The number of nitrogens with one attached hydrogen (secondary N) is 1. The van der Waals surface area contributed by atoms with Crippen LogP contribution in [0.1, 0.15) is 23.1 Å². The Labute approximate surface area is 146 Å². The lowest BCUT2D eigenvalue weighted by atomic mass is 10.1. The molecule has 1 aliphatic rings. The Morgan fingerprint density at radius 2 is 1.96 bits per heavy atom. The number of rotatable bonds is 3. The molecule has 24 heavy (non-hydrogen) atoms. The van der Waals surface area contributed by atoms with Crippen LogP contribution in [-0.2, 0) is 16.0 Å². The summed E-state index contributed by atoms with van der Waals surface area (Å²) >= 11 is 6.20. The van der Waals surface area contributed by atoms with E-state index in [1.807, 2.05) is 44.2 Å². The van der Waals surface area contributed by atoms with Crippen molar-refractivity contribution in [2.24, 2.45) is 0 Å². The molecule has 2 aromatic rings. The molecule has 2 aromatic carbocycles. The highest BCUT2D eigenvalue weighted by atomic mass is 35.5. The van der Waals surface area contributed by atoms with Crippen LogP contribution in [0.25, 0.3) is 0 Å². The van der Waals surface area contributed by atoms with Crippen molar-refractivity contribution in [3.05, 3.63) is 58.1 Å². The first-order valence-corrected chi connectivity index (χ1v) is 8.28. The second-order valence-corrected chi connectivity index (χ2v) is 6.49. The number of carbonyl (C=O) groups excluding carboxylic acids is 2. The molecule has 5 heteroatoms. The predicted octanol–water partition coefficient (Wildman–Crippen LogP) is 3.87. The third kappa shape index (κ3) is 3.29. The van der Waals surface area contributed by atoms with E-state index in [9.17, 15) is 9.59 Å². The van der Waals surface area contributed by atoms with Crippen molar-refractivity contribution in [2.45, 2.75) is 26.7 Å².